The highest BCUT2D eigenvalue weighted by atomic mass is 32.2. The SMILES string of the molecule is O=S1(=O)CC=C(S(=O)(=O)NCC(c2cccnc2)S(=O)(=O)c2ccc(F)cc2)C1. The van der Waals surface area contributed by atoms with Crippen molar-refractivity contribution in [2.75, 3.05) is 18.1 Å². The van der Waals surface area contributed by atoms with Crippen molar-refractivity contribution < 1.29 is 29.6 Å². The van der Waals surface area contributed by atoms with Crippen LogP contribution in [0.25, 0.3) is 0 Å². The zero-order chi connectivity index (χ0) is 21.3. The van der Waals surface area contributed by atoms with E-state index in [1.165, 1.54) is 24.5 Å². The van der Waals surface area contributed by atoms with Crippen LogP contribution in [0.15, 0.2) is 64.7 Å². The molecular weight excluding hydrogens is 443 g/mol. The molecule has 29 heavy (non-hydrogen) atoms. The van der Waals surface area contributed by atoms with Crippen molar-refractivity contribution in [3.05, 3.63) is 71.2 Å². The molecule has 0 radical (unpaired) electrons. The predicted molar refractivity (Wildman–Crippen MR) is 104 cm³/mol. The van der Waals surface area contributed by atoms with Gasteiger partial charge in [0.25, 0.3) is 0 Å². The van der Waals surface area contributed by atoms with Crippen LogP contribution in [0.4, 0.5) is 4.39 Å². The molecule has 0 saturated heterocycles. The van der Waals surface area contributed by atoms with Crippen LogP contribution in [0.2, 0.25) is 0 Å². The smallest absolute Gasteiger partial charge is 0.237 e. The van der Waals surface area contributed by atoms with E-state index in [0.717, 1.165) is 30.3 Å². The third-order valence-electron chi connectivity index (χ3n) is 4.30. The lowest BCUT2D eigenvalue weighted by Crippen LogP contribution is -2.33. The molecule has 1 aromatic heterocycles. The molecule has 0 aliphatic carbocycles. The number of sulfonamides is 1. The maximum absolute atomic E-state index is 13.2. The lowest BCUT2D eigenvalue weighted by molar-refractivity contribution is 0.570. The summed E-state index contributed by atoms with van der Waals surface area (Å²) in [5.74, 6) is -1.63. The summed E-state index contributed by atoms with van der Waals surface area (Å²) in [5.41, 5.74) is 0.229. The van der Waals surface area contributed by atoms with Crippen LogP contribution in [0.1, 0.15) is 10.8 Å². The molecule has 8 nitrogen and oxygen atoms in total. The molecule has 2 aromatic rings. The maximum atomic E-state index is 13.2. The standard InChI is InChI=1S/C17H17FN2O6S3/c18-14-3-5-15(6-4-14)28(23,24)17(13-2-1-8-19-10-13)11-20-29(25,26)16-7-9-27(21,22)12-16/h1-8,10,17,20H,9,11-12H2. The zero-order valence-corrected chi connectivity index (χ0v) is 17.3. The average Bonchev–Trinajstić information content (AvgIpc) is 3.03. The first kappa shape index (κ1) is 21.6. The van der Waals surface area contributed by atoms with Gasteiger partial charge in [0.1, 0.15) is 11.1 Å². The molecule has 0 fully saturated rings. The van der Waals surface area contributed by atoms with Gasteiger partial charge in [-0.25, -0.2) is 34.4 Å². The number of pyridine rings is 1. The van der Waals surface area contributed by atoms with Gasteiger partial charge >= 0.3 is 0 Å². The van der Waals surface area contributed by atoms with Crippen LogP contribution in [0.3, 0.4) is 0 Å². The maximum Gasteiger partial charge on any atom is 0.237 e. The van der Waals surface area contributed by atoms with Crippen LogP contribution in [0.5, 0.6) is 0 Å². The summed E-state index contributed by atoms with van der Waals surface area (Å²) >= 11 is 0. The number of nitrogens with zero attached hydrogens (tertiary/aromatic N) is 1. The van der Waals surface area contributed by atoms with Gasteiger partial charge in [0.05, 0.1) is 21.3 Å². The summed E-state index contributed by atoms with van der Waals surface area (Å²) in [5, 5.41) is -1.35. The summed E-state index contributed by atoms with van der Waals surface area (Å²) in [6, 6.07) is 7.15. The summed E-state index contributed by atoms with van der Waals surface area (Å²) < 4.78 is 89.6. The topological polar surface area (TPSA) is 127 Å². The molecule has 0 amide bonds. The highest BCUT2D eigenvalue weighted by Crippen LogP contribution is 2.29. The van der Waals surface area contributed by atoms with E-state index in [4.69, 9.17) is 0 Å². The minimum absolute atomic E-state index is 0.186. The molecular formula is C17H17FN2O6S3. The third-order valence-corrected chi connectivity index (χ3v) is 9.58. The average molecular weight is 461 g/mol. The summed E-state index contributed by atoms with van der Waals surface area (Å²) in [6.45, 7) is -0.550. The van der Waals surface area contributed by atoms with E-state index in [1.54, 1.807) is 0 Å². The van der Waals surface area contributed by atoms with Crippen molar-refractivity contribution >= 4 is 29.7 Å². The van der Waals surface area contributed by atoms with E-state index in [-0.39, 0.29) is 21.1 Å². The fourth-order valence-corrected chi connectivity index (χ4v) is 7.79. The van der Waals surface area contributed by atoms with Gasteiger partial charge in [-0.15, -0.1) is 0 Å². The number of hydrogen-bond donors (Lipinski definition) is 1. The minimum atomic E-state index is -4.20. The monoisotopic (exact) mass is 460 g/mol. The molecule has 0 spiro atoms. The van der Waals surface area contributed by atoms with Gasteiger partial charge in [0.15, 0.2) is 19.7 Å². The Balaban J connectivity index is 1.92. The molecule has 0 saturated carbocycles. The first-order chi connectivity index (χ1) is 13.5. The Kier molecular flexibility index (Phi) is 5.90. The quantitative estimate of drug-likeness (QED) is 0.610. The molecule has 1 aromatic carbocycles. The van der Waals surface area contributed by atoms with Crippen LogP contribution < -0.4 is 4.72 Å². The Morgan fingerprint density at radius 2 is 1.79 bits per heavy atom. The third kappa shape index (κ3) is 4.89. The second-order valence-electron chi connectivity index (χ2n) is 6.35. The first-order valence-corrected chi connectivity index (χ1v) is 13.1. The Bertz CT molecular complexity index is 1240. The molecule has 12 heteroatoms. The second-order valence-corrected chi connectivity index (χ2v) is 12.4. The molecule has 0 bridgehead atoms. The summed E-state index contributed by atoms with van der Waals surface area (Å²) in [6.07, 6.45) is 3.81. The lowest BCUT2D eigenvalue weighted by Gasteiger charge is -2.19. The Morgan fingerprint density at radius 3 is 2.34 bits per heavy atom. The van der Waals surface area contributed by atoms with E-state index >= 15 is 0 Å². The second kappa shape index (κ2) is 7.94. The van der Waals surface area contributed by atoms with Gasteiger partial charge in [0, 0.05) is 18.9 Å². The van der Waals surface area contributed by atoms with Crippen LogP contribution in [-0.2, 0) is 29.7 Å². The van der Waals surface area contributed by atoms with Crippen molar-refractivity contribution in [3.63, 3.8) is 0 Å². The van der Waals surface area contributed by atoms with Gasteiger partial charge in [-0.05, 0) is 35.9 Å². The van der Waals surface area contributed by atoms with Crippen molar-refractivity contribution in [3.8, 4) is 0 Å². The first-order valence-electron chi connectivity index (χ1n) is 8.30. The van der Waals surface area contributed by atoms with Gasteiger partial charge in [-0.1, -0.05) is 12.1 Å². The van der Waals surface area contributed by atoms with Crippen molar-refractivity contribution in [2.24, 2.45) is 0 Å². The molecule has 3 rings (SSSR count). The van der Waals surface area contributed by atoms with Crippen LogP contribution in [0, 0.1) is 5.82 Å². The molecule has 1 aliphatic heterocycles. The van der Waals surface area contributed by atoms with Gasteiger partial charge in [-0.3, -0.25) is 4.98 Å². The van der Waals surface area contributed by atoms with E-state index in [1.807, 2.05) is 0 Å². The van der Waals surface area contributed by atoms with E-state index in [0.29, 0.717) is 0 Å². The lowest BCUT2D eigenvalue weighted by atomic mass is 10.2. The highest BCUT2D eigenvalue weighted by Gasteiger charge is 2.33. The predicted octanol–water partition coefficient (Wildman–Crippen LogP) is 0.967. The Labute approximate surface area is 168 Å². The Hall–Kier alpha value is -2.15. The number of rotatable bonds is 7. The summed E-state index contributed by atoms with van der Waals surface area (Å²) in [4.78, 5) is 3.37. The molecule has 2 heterocycles. The largest absolute Gasteiger partial charge is 0.264 e. The minimum Gasteiger partial charge on any atom is -0.264 e. The fraction of sp³-hybridized carbons (Fsp3) is 0.235. The highest BCUT2D eigenvalue weighted by molar-refractivity contribution is 7.97. The van der Waals surface area contributed by atoms with Crippen molar-refractivity contribution in [1.29, 1.82) is 0 Å². The van der Waals surface area contributed by atoms with Crippen LogP contribution >= 0.6 is 0 Å². The van der Waals surface area contributed by atoms with Crippen molar-refractivity contribution in [2.45, 2.75) is 10.1 Å². The number of nitrogens with one attached hydrogen (secondary N) is 1. The summed E-state index contributed by atoms with van der Waals surface area (Å²) in [7, 11) is -11.8. The van der Waals surface area contributed by atoms with Crippen LogP contribution in [-0.4, -0.2) is 48.3 Å². The molecule has 1 N–H and O–H groups in total. The molecule has 1 atom stereocenters. The van der Waals surface area contributed by atoms with E-state index in [9.17, 15) is 29.6 Å². The number of benzene rings is 1. The van der Waals surface area contributed by atoms with Gasteiger partial charge in [0.2, 0.25) is 10.0 Å². The molecule has 156 valence electrons. The van der Waals surface area contributed by atoms with Gasteiger partial charge in [-0.2, -0.15) is 0 Å². The zero-order valence-electron chi connectivity index (χ0n) is 14.9. The number of hydrogen-bond acceptors (Lipinski definition) is 7. The van der Waals surface area contributed by atoms with Gasteiger partial charge < -0.3 is 0 Å². The fourth-order valence-electron chi connectivity index (χ4n) is 2.78. The number of sulfone groups is 2. The van der Waals surface area contributed by atoms with E-state index in [2.05, 4.69) is 9.71 Å². The Morgan fingerprint density at radius 1 is 1.10 bits per heavy atom. The normalized spacial score (nSPS) is 17.6. The molecule has 1 aliphatic rings. The molecule has 1 unspecified atom stereocenters. The van der Waals surface area contributed by atoms with Crippen molar-refractivity contribution in [1.82, 2.24) is 9.71 Å². The number of aromatic nitrogens is 1. The van der Waals surface area contributed by atoms with E-state index < -0.39 is 53.1 Å². The number of halogens is 1.